The van der Waals surface area contributed by atoms with Crippen molar-refractivity contribution in [3.8, 4) is 0 Å². The van der Waals surface area contributed by atoms with Gasteiger partial charge in [0, 0.05) is 24.2 Å². The molecule has 3 rings (SSSR count). The molecular formula is C15H22N2. The minimum atomic E-state index is 0.626. The van der Waals surface area contributed by atoms with Gasteiger partial charge in [0.1, 0.15) is 0 Å². The SMILES string of the molecule is Cc1ccc(C)c(N2CC3(CCNCC3)C2)c1. The van der Waals surface area contributed by atoms with Crippen molar-refractivity contribution >= 4 is 5.69 Å². The zero-order chi connectivity index (χ0) is 11.9. The Morgan fingerprint density at radius 2 is 1.82 bits per heavy atom. The fraction of sp³-hybridized carbons (Fsp3) is 0.600. The van der Waals surface area contributed by atoms with Crippen molar-refractivity contribution in [2.24, 2.45) is 5.41 Å². The Kier molecular flexibility index (Phi) is 2.62. The van der Waals surface area contributed by atoms with Crippen LogP contribution in [0.1, 0.15) is 24.0 Å². The highest BCUT2D eigenvalue weighted by Gasteiger charge is 2.43. The molecule has 1 spiro atoms. The van der Waals surface area contributed by atoms with E-state index in [1.165, 1.54) is 55.8 Å². The van der Waals surface area contributed by atoms with E-state index in [1.807, 2.05) is 0 Å². The first-order valence-electron chi connectivity index (χ1n) is 6.72. The van der Waals surface area contributed by atoms with E-state index in [4.69, 9.17) is 0 Å². The van der Waals surface area contributed by atoms with Crippen molar-refractivity contribution in [3.05, 3.63) is 29.3 Å². The van der Waals surface area contributed by atoms with Gasteiger partial charge < -0.3 is 10.2 Å². The van der Waals surface area contributed by atoms with Gasteiger partial charge in [-0.3, -0.25) is 0 Å². The fourth-order valence-electron chi connectivity index (χ4n) is 3.27. The number of rotatable bonds is 1. The summed E-state index contributed by atoms with van der Waals surface area (Å²) in [6.45, 7) is 9.35. The molecule has 2 fully saturated rings. The molecule has 1 N–H and O–H groups in total. The van der Waals surface area contributed by atoms with Crippen LogP contribution in [0, 0.1) is 19.3 Å². The van der Waals surface area contributed by atoms with Gasteiger partial charge in [0.2, 0.25) is 0 Å². The van der Waals surface area contributed by atoms with E-state index in [0.29, 0.717) is 5.41 Å². The molecule has 2 aliphatic heterocycles. The fourth-order valence-corrected chi connectivity index (χ4v) is 3.27. The first-order valence-corrected chi connectivity index (χ1v) is 6.72. The molecule has 0 aliphatic carbocycles. The molecule has 17 heavy (non-hydrogen) atoms. The van der Waals surface area contributed by atoms with Crippen molar-refractivity contribution in [3.63, 3.8) is 0 Å². The number of hydrogen-bond acceptors (Lipinski definition) is 2. The predicted molar refractivity (Wildman–Crippen MR) is 72.7 cm³/mol. The number of aryl methyl sites for hydroxylation is 2. The molecule has 0 saturated carbocycles. The second-order valence-corrected chi connectivity index (χ2v) is 5.90. The van der Waals surface area contributed by atoms with Crippen LogP contribution in [-0.2, 0) is 0 Å². The zero-order valence-corrected chi connectivity index (χ0v) is 10.9. The lowest BCUT2D eigenvalue weighted by atomic mass is 9.72. The summed E-state index contributed by atoms with van der Waals surface area (Å²) in [6, 6.07) is 6.79. The van der Waals surface area contributed by atoms with Crippen LogP contribution in [0.25, 0.3) is 0 Å². The Morgan fingerprint density at radius 1 is 1.12 bits per heavy atom. The first kappa shape index (κ1) is 11.1. The van der Waals surface area contributed by atoms with Crippen LogP contribution >= 0.6 is 0 Å². The molecule has 2 nitrogen and oxygen atoms in total. The number of nitrogens with one attached hydrogen (secondary N) is 1. The van der Waals surface area contributed by atoms with Crippen LogP contribution in [0.5, 0.6) is 0 Å². The minimum Gasteiger partial charge on any atom is -0.370 e. The molecule has 2 heterocycles. The van der Waals surface area contributed by atoms with Crippen molar-refractivity contribution in [1.82, 2.24) is 5.32 Å². The lowest BCUT2D eigenvalue weighted by molar-refractivity contribution is 0.150. The molecule has 0 radical (unpaired) electrons. The van der Waals surface area contributed by atoms with E-state index in [0.717, 1.165) is 0 Å². The van der Waals surface area contributed by atoms with E-state index in [1.54, 1.807) is 0 Å². The van der Waals surface area contributed by atoms with Gasteiger partial charge in [0.15, 0.2) is 0 Å². The van der Waals surface area contributed by atoms with Gasteiger partial charge in [0.25, 0.3) is 0 Å². The molecule has 0 aromatic heterocycles. The van der Waals surface area contributed by atoms with Gasteiger partial charge in [-0.25, -0.2) is 0 Å². The first-order chi connectivity index (χ1) is 8.19. The summed E-state index contributed by atoms with van der Waals surface area (Å²) in [7, 11) is 0. The lowest BCUT2D eigenvalue weighted by Crippen LogP contribution is -2.60. The number of hydrogen-bond donors (Lipinski definition) is 1. The van der Waals surface area contributed by atoms with Crippen LogP contribution in [0.15, 0.2) is 18.2 Å². The minimum absolute atomic E-state index is 0.626. The number of nitrogens with zero attached hydrogens (tertiary/aromatic N) is 1. The topological polar surface area (TPSA) is 15.3 Å². The summed E-state index contributed by atoms with van der Waals surface area (Å²) in [5.41, 5.74) is 4.87. The second-order valence-electron chi connectivity index (χ2n) is 5.90. The van der Waals surface area contributed by atoms with E-state index in [9.17, 15) is 0 Å². The number of benzene rings is 1. The molecular weight excluding hydrogens is 208 g/mol. The van der Waals surface area contributed by atoms with E-state index in [2.05, 4.69) is 42.3 Å². The summed E-state index contributed by atoms with van der Waals surface area (Å²) in [5.74, 6) is 0. The van der Waals surface area contributed by atoms with Gasteiger partial charge in [-0.2, -0.15) is 0 Å². The van der Waals surface area contributed by atoms with Crippen molar-refractivity contribution < 1.29 is 0 Å². The number of piperidine rings is 1. The summed E-state index contributed by atoms with van der Waals surface area (Å²) in [6.07, 6.45) is 2.71. The van der Waals surface area contributed by atoms with Gasteiger partial charge in [-0.05, 0) is 57.0 Å². The Morgan fingerprint density at radius 3 is 2.53 bits per heavy atom. The zero-order valence-electron chi connectivity index (χ0n) is 10.9. The molecule has 2 heteroatoms. The summed E-state index contributed by atoms with van der Waals surface area (Å²) in [4.78, 5) is 2.56. The third kappa shape index (κ3) is 1.95. The smallest absolute Gasteiger partial charge is 0.0398 e. The monoisotopic (exact) mass is 230 g/mol. The molecule has 2 aliphatic rings. The van der Waals surface area contributed by atoms with Gasteiger partial charge in [-0.1, -0.05) is 12.1 Å². The Hall–Kier alpha value is -1.02. The van der Waals surface area contributed by atoms with E-state index >= 15 is 0 Å². The maximum atomic E-state index is 3.46. The quantitative estimate of drug-likeness (QED) is 0.797. The average molecular weight is 230 g/mol. The number of anilines is 1. The largest absolute Gasteiger partial charge is 0.370 e. The van der Waals surface area contributed by atoms with Crippen molar-refractivity contribution in [2.45, 2.75) is 26.7 Å². The summed E-state index contributed by atoms with van der Waals surface area (Å²) >= 11 is 0. The third-order valence-corrected chi connectivity index (χ3v) is 4.42. The molecule has 0 amide bonds. The summed E-state index contributed by atoms with van der Waals surface area (Å²) in [5, 5.41) is 3.46. The lowest BCUT2D eigenvalue weighted by Gasteiger charge is -2.54. The van der Waals surface area contributed by atoms with Gasteiger partial charge >= 0.3 is 0 Å². The van der Waals surface area contributed by atoms with Crippen LogP contribution < -0.4 is 10.2 Å². The highest BCUT2D eigenvalue weighted by Crippen LogP contribution is 2.42. The normalized spacial score (nSPS) is 22.6. The van der Waals surface area contributed by atoms with Crippen molar-refractivity contribution in [1.29, 1.82) is 0 Å². The molecule has 1 aromatic carbocycles. The van der Waals surface area contributed by atoms with Crippen molar-refractivity contribution in [2.75, 3.05) is 31.1 Å². The molecule has 0 atom stereocenters. The average Bonchev–Trinajstić information content (AvgIpc) is 2.30. The molecule has 0 unspecified atom stereocenters. The Labute approximate surface area is 104 Å². The highest BCUT2D eigenvalue weighted by molar-refractivity contribution is 5.57. The van der Waals surface area contributed by atoms with Gasteiger partial charge in [0.05, 0.1) is 0 Å². The molecule has 2 saturated heterocycles. The van der Waals surface area contributed by atoms with Crippen LogP contribution in [-0.4, -0.2) is 26.2 Å². The molecule has 1 aromatic rings. The molecule has 0 bridgehead atoms. The van der Waals surface area contributed by atoms with Crippen LogP contribution in [0.2, 0.25) is 0 Å². The van der Waals surface area contributed by atoms with Crippen LogP contribution in [0.3, 0.4) is 0 Å². The Balaban J connectivity index is 1.74. The standard InChI is InChI=1S/C15H22N2/c1-12-3-4-13(2)14(9-12)17-10-15(11-17)5-7-16-8-6-15/h3-4,9,16H,5-8,10-11H2,1-2H3. The second kappa shape index (κ2) is 4.02. The highest BCUT2D eigenvalue weighted by atomic mass is 15.2. The maximum Gasteiger partial charge on any atom is 0.0398 e. The third-order valence-electron chi connectivity index (χ3n) is 4.42. The van der Waals surface area contributed by atoms with Crippen LogP contribution in [0.4, 0.5) is 5.69 Å². The Bertz CT molecular complexity index is 411. The van der Waals surface area contributed by atoms with E-state index in [-0.39, 0.29) is 0 Å². The predicted octanol–water partition coefficient (Wildman–Crippen LogP) is 2.49. The summed E-state index contributed by atoms with van der Waals surface area (Å²) < 4.78 is 0. The van der Waals surface area contributed by atoms with Gasteiger partial charge in [-0.15, -0.1) is 0 Å². The van der Waals surface area contributed by atoms with E-state index < -0.39 is 0 Å². The maximum absolute atomic E-state index is 3.46. The molecule has 92 valence electrons.